The van der Waals surface area contributed by atoms with Crippen molar-refractivity contribution < 1.29 is 35.0 Å². The van der Waals surface area contributed by atoms with Crippen molar-refractivity contribution in [3.63, 3.8) is 0 Å². The number of hydrogen-bond donors (Lipinski definition) is 5. The van der Waals surface area contributed by atoms with Crippen LogP contribution in [0.25, 0.3) is 6.08 Å². The Bertz CT molecular complexity index is 1300. The van der Waals surface area contributed by atoms with Gasteiger partial charge in [0.15, 0.2) is 0 Å². The van der Waals surface area contributed by atoms with Crippen LogP contribution in [0.3, 0.4) is 0 Å². The summed E-state index contributed by atoms with van der Waals surface area (Å²) in [4.78, 5) is 28.4. The van der Waals surface area contributed by atoms with Crippen molar-refractivity contribution in [2.45, 2.75) is 52.6 Å². The first-order chi connectivity index (χ1) is 19.1. The van der Waals surface area contributed by atoms with Crippen LogP contribution in [0.5, 0.6) is 5.75 Å². The van der Waals surface area contributed by atoms with Crippen molar-refractivity contribution in [2.75, 3.05) is 11.5 Å². The van der Waals surface area contributed by atoms with E-state index in [0.717, 1.165) is 28.0 Å². The molecule has 0 saturated carbocycles. The number of amides is 2. The Kier molecular flexibility index (Phi) is 9.31. The lowest BCUT2D eigenvalue weighted by Crippen LogP contribution is -2.40. The number of phenols is 1. The summed E-state index contributed by atoms with van der Waals surface area (Å²) in [5.41, 5.74) is 4.04. The highest BCUT2D eigenvalue weighted by molar-refractivity contribution is 6.58. The van der Waals surface area contributed by atoms with Gasteiger partial charge in [0.05, 0.1) is 30.2 Å². The fraction of sp³-hybridized carbons (Fsp3) is 0.419. The maximum absolute atomic E-state index is 13.7. The molecule has 0 radical (unpaired) electrons. The maximum atomic E-state index is 13.7. The fourth-order valence-electron chi connectivity index (χ4n) is 6.16. The molecule has 1 saturated heterocycles. The van der Waals surface area contributed by atoms with Crippen LogP contribution in [0.4, 0.5) is 5.69 Å². The summed E-state index contributed by atoms with van der Waals surface area (Å²) >= 11 is 0. The lowest BCUT2D eigenvalue weighted by atomic mass is 9.66. The number of fused-ring (bicyclic) bond motifs is 1. The summed E-state index contributed by atoms with van der Waals surface area (Å²) in [7, 11) is -1.74. The van der Waals surface area contributed by atoms with Gasteiger partial charge in [-0.1, -0.05) is 62.3 Å². The third kappa shape index (κ3) is 5.93. The lowest BCUT2D eigenvalue weighted by Gasteiger charge is -2.38. The molecule has 1 heterocycles. The quantitative estimate of drug-likeness (QED) is 0.175. The van der Waals surface area contributed by atoms with Crippen LogP contribution in [0.2, 0.25) is 0 Å². The van der Waals surface area contributed by atoms with E-state index in [1.807, 2.05) is 39.0 Å². The fourth-order valence-corrected chi connectivity index (χ4v) is 6.16. The first kappa shape index (κ1) is 29.7. The predicted octanol–water partition coefficient (Wildman–Crippen LogP) is 2.78. The lowest BCUT2D eigenvalue weighted by molar-refractivity contribution is -0.123. The largest absolute Gasteiger partial charge is 0.508 e. The molecule has 40 heavy (non-hydrogen) atoms. The summed E-state index contributed by atoms with van der Waals surface area (Å²) in [6.07, 6.45) is 3.25. The maximum Gasteiger partial charge on any atom is 0.488 e. The molecule has 2 amide bonds. The molecular formula is C31H38BNO7. The van der Waals surface area contributed by atoms with E-state index in [-0.39, 0.29) is 35.3 Å². The number of carbonyl (C=O) groups is 2. The van der Waals surface area contributed by atoms with Crippen molar-refractivity contribution in [3.05, 3.63) is 70.8 Å². The van der Waals surface area contributed by atoms with E-state index in [2.05, 4.69) is 0 Å². The Labute approximate surface area is 235 Å². The SMILES string of the molecule is CC/C(=C\c1ccc(O)cc1)CC[C@@H](O)C1=C(C(C)C)C[C@H]2C(=O)N(c3cccc(B(O)O)c3)C(=O)[C@H]2[C@H]1CO. The molecule has 5 N–H and O–H groups in total. The zero-order chi connectivity index (χ0) is 29.1. The van der Waals surface area contributed by atoms with Crippen LogP contribution in [-0.2, 0) is 9.59 Å². The normalized spacial score (nSPS) is 22.2. The number of hydrogen-bond acceptors (Lipinski definition) is 7. The summed E-state index contributed by atoms with van der Waals surface area (Å²) in [5.74, 6) is -2.82. The molecule has 4 rings (SSSR count). The molecule has 1 aliphatic carbocycles. The van der Waals surface area contributed by atoms with Gasteiger partial charge in [-0.15, -0.1) is 0 Å². The summed E-state index contributed by atoms with van der Waals surface area (Å²) in [6, 6.07) is 12.9. The van der Waals surface area contributed by atoms with Gasteiger partial charge < -0.3 is 25.4 Å². The van der Waals surface area contributed by atoms with Crippen molar-refractivity contribution >= 4 is 36.2 Å². The molecule has 9 heteroatoms. The number of benzene rings is 2. The predicted molar refractivity (Wildman–Crippen MR) is 154 cm³/mol. The highest BCUT2D eigenvalue weighted by Crippen LogP contribution is 2.48. The van der Waals surface area contributed by atoms with Crippen molar-refractivity contribution in [1.29, 1.82) is 0 Å². The number of aliphatic hydroxyl groups is 2. The zero-order valence-corrected chi connectivity index (χ0v) is 23.2. The van der Waals surface area contributed by atoms with Gasteiger partial charge in [0.25, 0.3) is 0 Å². The van der Waals surface area contributed by atoms with Gasteiger partial charge in [0.1, 0.15) is 5.75 Å². The Balaban J connectivity index is 1.62. The Hall–Kier alpha value is -3.24. The number of phenolic OH excluding ortho intramolecular Hbond substituents is 1. The molecule has 2 aliphatic rings. The number of imide groups is 1. The topological polar surface area (TPSA) is 139 Å². The molecule has 2 aromatic rings. The summed E-state index contributed by atoms with van der Waals surface area (Å²) in [5, 5.41) is 50.8. The minimum atomic E-state index is -1.74. The average Bonchev–Trinajstić information content (AvgIpc) is 3.19. The van der Waals surface area contributed by atoms with Crippen LogP contribution in [-0.4, -0.2) is 57.0 Å². The average molecular weight is 547 g/mol. The smallest absolute Gasteiger partial charge is 0.488 e. The highest BCUT2D eigenvalue weighted by atomic mass is 16.4. The Morgan fingerprint density at radius 3 is 2.40 bits per heavy atom. The van der Waals surface area contributed by atoms with E-state index in [4.69, 9.17) is 0 Å². The second-order valence-electron chi connectivity index (χ2n) is 11.0. The van der Waals surface area contributed by atoms with Crippen LogP contribution in [0, 0.1) is 23.7 Å². The van der Waals surface area contributed by atoms with Crippen LogP contribution < -0.4 is 10.4 Å². The molecule has 0 bridgehead atoms. The standard InChI is InChI=1S/C31H38BNO7/c1-4-19(14-20-8-11-23(35)12-9-20)10-13-27(36)28-24(18(2)3)16-25-29(26(28)17-34)31(38)33(30(25)37)22-7-5-6-21(15-22)32(39)40/h5-9,11-12,14-15,18,25-27,29,34-36,39-40H,4,10,13,16-17H2,1-3H3/b19-14+/t25-,26+,27-,29-/m1/s1. The van der Waals surface area contributed by atoms with Crippen LogP contribution >= 0.6 is 0 Å². The van der Waals surface area contributed by atoms with E-state index < -0.39 is 36.9 Å². The summed E-state index contributed by atoms with van der Waals surface area (Å²) in [6.45, 7) is 5.64. The second kappa shape index (κ2) is 12.5. The molecule has 1 fully saturated rings. The highest BCUT2D eigenvalue weighted by Gasteiger charge is 2.55. The number of anilines is 1. The number of nitrogens with zero attached hydrogens (tertiary/aromatic N) is 1. The number of allylic oxidation sites excluding steroid dienone is 2. The van der Waals surface area contributed by atoms with Crippen molar-refractivity contribution in [1.82, 2.24) is 0 Å². The van der Waals surface area contributed by atoms with Gasteiger partial charge in [-0.2, -0.15) is 0 Å². The van der Waals surface area contributed by atoms with Gasteiger partial charge in [-0.3, -0.25) is 14.5 Å². The van der Waals surface area contributed by atoms with Crippen LogP contribution in [0.1, 0.15) is 52.0 Å². The monoisotopic (exact) mass is 547 g/mol. The Morgan fingerprint density at radius 2 is 1.80 bits per heavy atom. The molecule has 212 valence electrons. The zero-order valence-electron chi connectivity index (χ0n) is 23.2. The Morgan fingerprint density at radius 1 is 1.10 bits per heavy atom. The number of rotatable bonds is 10. The van der Waals surface area contributed by atoms with Gasteiger partial charge in [0.2, 0.25) is 11.8 Å². The van der Waals surface area contributed by atoms with Gasteiger partial charge in [-0.25, -0.2) is 0 Å². The minimum Gasteiger partial charge on any atom is -0.508 e. The number of aromatic hydroxyl groups is 1. The van der Waals surface area contributed by atoms with Crippen LogP contribution in [0.15, 0.2) is 65.3 Å². The van der Waals surface area contributed by atoms with Crippen molar-refractivity contribution in [2.24, 2.45) is 23.7 Å². The third-order valence-electron chi connectivity index (χ3n) is 8.26. The van der Waals surface area contributed by atoms with E-state index in [1.54, 1.807) is 24.3 Å². The molecule has 0 spiro atoms. The number of carbonyl (C=O) groups excluding carboxylic acids is 2. The molecule has 2 aromatic carbocycles. The van der Waals surface area contributed by atoms with E-state index >= 15 is 0 Å². The van der Waals surface area contributed by atoms with Gasteiger partial charge in [0, 0.05) is 5.92 Å². The number of aliphatic hydroxyl groups excluding tert-OH is 2. The van der Waals surface area contributed by atoms with E-state index in [0.29, 0.717) is 24.8 Å². The molecule has 4 atom stereocenters. The van der Waals surface area contributed by atoms with E-state index in [9.17, 15) is 35.0 Å². The molecule has 8 nitrogen and oxygen atoms in total. The third-order valence-corrected chi connectivity index (χ3v) is 8.26. The second-order valence-corrected chi connectivity index (χ2v) is 11.0. The molecule has 1 aliphatic heterocycles. The van der Waals surface area contributed by atoms with Gasteiger partial charge >= 0.3 is 7.12 Å². The first-order valence-corrected chi connectivity index (χ1v) is 13.9. The molecule has 0 aromatic heterocycles. The van der Waals surface area contributed by atoms with E-state index in [1.165, 1.54) is 12.1 Å². The molecule has 0 unspecified atom stereocenters. The summed E-state index contributed by atoms with van der Waals surface area (Å²) < 4.78 is 0. The van der Waals surface area contributed by atoms with Gasteiger partial charge in [-0.05, 0) is 72.5 Å². The first-order valence-electron chi connectivity index (χ1n) is 13.9. The minimum absolute atomic E-state index is 0.00245. The molecular weight excluding hydrogens is 509 g/mol. The van der Waals surface area contributed by atoms with Crippen molar-refractivity contribution in [3.8, 4) is 5.75 Å².